The van der Waals surface area contributed by atoms with Crippen LogP contribution in [0.4, 0.5) is 4.79 Å². The van der Waals surface area contributed by atoms with Crippen molar-refractivity contribution in [3.05, 3.63) is 35.9 Å². The number of nitrogens with one attached hydrogen (secondary N) is 2. The first-order valence-corrected chi connectivity index (χ1v) is 6.99. The van der Waals surface area contributed by atoms with Crippen molar-refractivity contribution in [2.24, 2.45) is 5.92 Å². The third-order valence-corrected chi connectivity index (χ3v) is 3.62. The Bertz CT molecular complexity index is 388. The van der Waals surface area contributed by atoms with Crippen molar-refractivity contribution >= 4 is 6.03 Å². The smallest absolute Gasteiger partial charge is 0.317 e. The molecule has 0 spiro atoms. The lowest BCUT2D eigenvalue weighted by atomic mass is 9.98. The van der Waals surface area contributed by atoms with Crippen LogP contribution >= 0.6 is 0 Å². The highest BCUT2D eigenvalue weighted by molar-refractivity contribution is 5.73. The second-order valence-corrected chi connectivity index (χ2v) is 5.22. The second-order valence-electron chi connectivity index (χ2n) is 5.22. The SMILES string of the molecule is CN(CC1CCNCC1)C(=O)NCc1ccccc1. The Labute approximate surface area is 115 Å². The van der Waals surface area contributed by atoms with Gasteiger partial charge in [0.15, 0.2) is 0 Å². The Morgan fingerprint density at radius 1 is 1.32 bits per heavy atom. The van der Waals surface area contributed by atoms with Crippen LogP contribution in [0.25, 0.3) is 0 Å². The average molecular weight is 261 g/mol. The highest BCUT2D eigenvalue weighted by Gasteiger charge is 2.17. The number of rotatable bonds is 4. The molecule has 4 heteroatoms. The molecule has 1 aromatic carbocycles. The van der Waals surface area contributed by atoms with Crippen molar-refractivity contribution in [1.29, 1.82) is 0 Å². The number of nitrogens with zero attached hydrogens (tertiary/aromatic N) is 1. The molecule has 1 saturated heterocycles. The van der Waals surface area contributed by atoms with Crippen molar-refractivity contribution in [3.63, 3.8) is 0 Å². The van der Waals surface area contributed by atoms with Crippen LogP contribution in [0.5, 0.6) is 0 Å². The number of hydrogen-bond acceptors (Lipinski definition) is 2. The first-order chi connectivity index (χ1) is 9.25. The minimum Gasteiger partial charge on any atom is -0.334 e. The minimum absolute atomic E-state index is 0.0161. The molecule has 0 bridgehead atoms. The maximum Gasteiger partial charge on any atom is 0.317 e. The summed E-state index contributed by atoms with van der Waals surface area (Å²) in [7, 11) is 1.88. The molecule has 0 aliphatic carbocycles. The van der Waals surface area contributed by atoms with Gasteiger partial charge in [-0.05, 0) is 37.4 Å². The average Bonchev–Trinajstić information content (AvgIpc) is 2.47. The zero-order chi connectivity index (χ0) is 13.5. The van der Waals surface area contributed by atoms with Gasteiger partial charge in [-0.2, -0.15) is 0 Å². The van der Waals surface area contributed by atoms with Crippen LogP contribution in [0, 0.1) is 5.92 Å². The number of amides is 2. The molecule has 2 N–H and O–H groups in total. The normalized spacial score (nSPS) is 16.1. The highest BCUT2D eigenvalue weighted by Crippen LogP contribution is 2.12. The second kappa shape index (κ2) is 7.14. The molecule has 2 rings (SSSR count). The summed E-state index contributed by atoms with van der Waals surface area (Å²) < 4.78 is 0. The van der Waals surface area contributed by atoms with Gasteiger partial charge in [0.05, 0.1) is 0 Å². The van der Waals surface area contributed by atoms with Crippen LogP contribution in [-0.4, -0.2) is 37.6 Å². The van der Waals surface area contributed by atoms with Crippen molar-refractivity contribution < 1.29 is 4.79 Å². The molecule has 4 nitrogen and oxygen atoms in total. The molecule has 104 valence electrons. The van der Waals surface area contributed by atoms with E-state index < -0.39 is 0 Å². The van der Waals surface area contributed by atoms with E-state index in [1.807, 2.05) is 37.4 Å². The summed E-state index contributed by atoms with van der Waals surface area (Å²) in [5, 5.41) is 6.30. The van der Waals surface area contributed by atoms with Crippen molar-refractivity contribution in [2.45, 2.75) is 19.4 Å². The Hall–Kier alpha value is -1.55. The van der Waals surface area contributed by atoms with Gasteiger partial charge in [-0.15, -0.1) is 0 Å². The van der Waals surface area contributed by atoms with E-state index in [0.717, 1.165) is 38.0 Å². The van der Waals surface area contributed by atoms with Gasteiger partial charge >= 0.3 is 6.03 Å². The van der Waals surface area contributed by atoms with Gasteiger partial charge in [0.1, 0.15) is 0 Å². The Morgan fingerprint density at radius 2 is 2.00 bits per heavy atom. The fourth-order valence-corrected chi connectivity index (χ4v) is 2.44. The van der Waals surface area contributed by atoms with E-state index in [1.54, 1.807) is 4.90 Å². The number of carbonyl (C=O) groups is 1. The van der Waals surface area contributed by atoms with Gasteiger partial charge in [-0.1, -0.05) is 30.3 Å². The fourth-order valence-electron chi connectivity index (χ4n) is 2.44. The molecule has 1 heterocycles. The van der Waals surface area contributed by atoms with E-state index >= 15 is 0 Å². The van der Waals surface area contributed by atoms with E-state index in [0.29, 0.717) is 12.5 Å². The summed E-state index contributed by atoms with van der Waals surface area (Å²) in [5.74, 6) is 0.633. The minimum atomic E-state index is 0.0161. The third kappa shape index (κ3) is 4.56. The lowest BCUT2D eigenvalue weighted by Crippen LogP contribution is -2.41. The van der Waals surface area contributed by atoms with Gasteiger partial charge in [0.25, 0.3) is 0 Å². The Morgan fingerprint density at radius 3 is 2.68 bits per heavy atom. The van der Waals surface area contributed by atoms with Crippen LogP contribution in [0.2, 0.25) is 0 Å². The standard InChI is InChI=1S/C15H23N3O/c1-18(12-14-7-9-16-10-8-14)15(19)17-11-13-5-3-2-4-6-13/h2-6,14,16H,7-12H2,1H3,(H,17,19). The number of urea groups is 1. The monoisotopic (exact) mass is 261 g/mol. The van der Waals surface area contributed by atoms with E-state index in [4.69, 9.17) is 0 Å². The summed E-state index contributed by atoms with van der Waals surface area (Å²) in [6, 6.07) is 10.0. The van der Waals surface area contributed by atoms with Gasteiger partial charge in [0, 0.05) is 20.1 Å². The van der Waals surface area contributed by atoms with Crippen LogP contribution in [0.1, 0.15) is 18.4 Å². The molecule has 19 heavy (non-hydrogen) atoms. The topological polar surface area (TPSA) is 44.4 Å². The summed E-state index contributed by atoms with van der Waals surface area (Å²) in [4.78, 5) is 13.8. The summed E-state index contributed by atoms with van der Waals surface area (Å²) >= 11 is 0. The van der Waals surface area contributed by atoms with Crippen LogP contribution in [0.3, 0.4) is 0 Å². The molecule has 0 saturated carbocycles. The van der Waals surface area contributed by atoms with E-state index in [-0.39, 0.29) is 6.03 Å². The summed E-state index contributed by atoms with van der Waals surface area (Å²) in [6.45, 7) is 3.59. The number of hydrogen-bond donors (Lipinski definition) is 2. The molecule has 1 aromatic rings. The number of piperidine rings is 1. The lowest BCUT2D eigenvalue weighted by molar-refractivity contribution is 0.193. The van der Waals surface area contributed by atoms with Crippen molar-refractivity contribution in [3.8, 4) is 0 Å². The maximum absolute atomic E-state index is 12.0. The first kappa shape index (κ1) is 13.9. The maximum atomic E-state index is 12.0. The molecular formula is C15H23N3O. The van der Waals surface area contributed by atoms with E-state index in [2.05, 4.69) is 10.6 Å². The quantitative estimate of drug-likeness (QED) is 0.868. The number of benzene rings is 1. The van der Waals surface area contributed by atoms with Crippen LogP contribution in [0.15, 0.2) is 30.3 Å². The fraction of sp³-hybridized carbons (Fsp3) is 0.533. The van der Waals surface area contributed by atoms with Gasteiger partial charge in [-0.25, -0.2) is 4.79 Å². The molecule has 1 aliphatic rings. The van der Waals surface area contributed by atoms with Crippen molar-refractivity contribution in [2.75, 3.05) is 26.7 Å². The van der Waals surface area contributed by atoms with Crippen LogP contribution < -0.4 is 10.6 Å². The van der Waals surface area contributed by atoms with Gasteiger partial charge in [0.2, 0.25) is 0 Å². The largest absolute Gasteiger partial charge is 0.334 e. The molecule has 2 amide bonds. The predicted octanol–water partition coefficient (Wildman–Crippen LogP) is 1.83. The summed E-state index contributed by atoms with van der Waals surface area (Å²) in [6.07, 6.45) is 2.33. The molecule has 0 unspecified atom stereocenters. The zero-order valence-corrected chi connectivity index (χ0v) is 11.6. The zero-order valence-electron chi connectivity index (χ0n) is 11.6. The summed E-state index contributed by atoms with van der Waals surface area (Å²) in [5.41, 5.74) is 1.13. The Balaban J connectivity index is 1.72. The van der Waals surface area contributed by atoms with Gasteiger partial charge < -0.3 is 15.5 Å². The molecule has 1 fully saturated rings. The molecule has 0 atom stereocenters. The Kier molecular flexibility index (Phi) is 5.21. The molecule has 0 aromatic heterocycles. The highest BCUT2D eigenvalue weighted by atomic mass is 16.2. The number of carbonyl (C=O) groups excluding carboxylic acids is 1. The molecule has 1 aliphatic heterocycles. The third-order valence-electron chi connectivity index (χ3n) is 3.62. The van der Waals surface area contributed by atoms with Crippen LogP contribution in [-0.2, 0) is 6.54 Å². The first-order valence-electron chi connectivity index (χ1n) is 6.99. The lowest BCUT2D eigenvalue weighted by Gasteiger charge is -2.27. The van der Waals surface area contributed by atoms with E-state index in [1.165, 1.54) is 0 Å². The van der Waals surface area contributed by atoms with E-state index in [9.17, 15) is 4.79 Å². The molecule has 0 radical (unpaired) electrons. The predicted molar refractivity (Wildman–Crippen MR) is 76.9 cm³/mol. The van der Waals surface area contributed by atoms with Gasteiger partial charge in [-0.3, -0.25) is 0 Å². The van der Waals surface area contributed by atoms with Crippen molar-refractivity contribution in [1.82, 2.24) is 15.5 Å². The molecular weight excluding hydrogens is 238 g/mol.